The molecule has 0 aliphatic carbocycles. The van der Waals surface area contributed by atoms with Gasteiger partial charge in [-0.3, -0.25) is 4.79 Å². The number of hydrogen-bond donors (Lipinski definition) is 1. The Kier molecular flexibility index (Phi) is 4.54. The maximum atomic E-state index is 12.2. The lowest BCUT2D eigenvalue weighted by Gasteiger charge is -2.16. The fourth-order valence-corrected chi connectivity index (χ4v) is 1.89. The van der Waals surface area contributed by atoms with E-state index in [1.54, 1.807) is 20.1 Å². The van der Waals surface area contributed by atoms with Crippen LogP contribution in [0.15, 0.2) is 6.07 Å². The Morgan fingerprint density at radius 3 is 2.59 bits per heavy atom. The van der Waals surface area contributed by atoms with Crippen LogP contribution in [0.2, 0.25) is 5.02 Å². The highest BCUT2D eigenvalue weighted by molar-refractivity contribution is 6.32. The van der Waals surface area contributed by atoms with E-state index in [4.69, 9.17) is 22.1 Å². The summed E-state index contributed by atoms with van der Waals surface area (Å²) in [4.78, 5) is 12.2. The van der Waals surface area contributed by atoms with E-state index < -0.39 is 0 Å². The van der Waals surface area contributed by atoms with Crippen LogP contribution in [-0.2, 0) is 0 Å². The standard InChI is InChI=1S/C13H18ClNO2/c1-7-5-10(17-4)11(9(3)12(7)14)13(16)8(2)6-15/h5,8H,6,15H2,1-4H3. The third-order valence-electron chi connectivity index (χ3n) is 2.91. The number of methoxy groups -OCH3 is 1. The number of hydrogen-bond acceptors (Lipinski definition) is 3. The van der Waals surface area contributed by atoms with Gasteiger partial charge in [0.05, 0.1) is 12.7 Å². The molecule has 3 nitrogen and oxygen atoms in total. The Morgan fingerprint density at radius 1 is 1.53 bits per heavy atom. The summed E-state index contributed by atoms with van der Waals surface area (Å²) in [6.07, 6.45) is 0. The average Bonchev–Trinajstić information content (AvgIpc) is 2.33. The first-order chi connectivity index (χ1) is 7.93. The van der Waals surface area contributed by atoms with E-state index in [-0.39, 0.29) is 11.7 Å². The van der Waals surface area contributed by atoms with Gasteiger partial charge < -0.3 is 10.5 Å². The van der Waals surface area contributed by atoms with E-state index >= 15 is 0 Å². The third-order valence-corrected chi connectivity index (χ3v) is 3.49. The first-order valence-corrected chi connectivity index (χ1v) is 5.89. The highest BCUT2D eigenvalue weighted by atomic mass is 35.5. The van der Waals surface area contributed by atoms with Crippen LogP contribution in [0, 0.1) is 19.8 Å². The van der Waals surface area contributed by atoms with Crippen LogP contribution in [0.25, 0.3) is 0 Å². The molecular weight excluding hydrogens is 238 g/mol. The largest absolute Gasteiger partial charge is 0.496 e. The van der Waals surface area contributed by atoms with Crippen molar-refractivity contribution >= 4 is 17.4 Å². The Bertz CT molecular complexity index is 444. The first-order valence-electron chi connectivity index (χ1n) is 5.52. The Morgan fingerprint density at radius 2 is 2.12 bits per heavy atom. The second-order valence-electron chi connectivity index (χ2n) is 4.21. The summed E-state index contributed by atoms with van der Waals surface area (Å²) in [6, 6.07) is 1.78. The van der Waals surface area contributed by atoms with Crippen molar-refractivity contribution in [2.75, 3.05) is 13.7 Å². The first kappa shape index (κ1) is 14.0. The highest BCUT2D eigenvalue weighted by Gasteiger charge is 2.22. The second-order valence-corrected chi connectivity index (χ2v) is 4.59. The SMILES string of the molecule is COc1cc(C)c(Cl)c(C)c1C(=O)C(C)CN. The molecule has 2 N–H and O–H groups in total. The van der Waals surface area contributed by atoms with E-state index in [0.717, 1.165) is 11.1 Å². The molecule has 1 aromatic rings. The summed E-state index contributed by atoms with van der Waals surface area (Å²) < 4.78 is 5.26. The van der Waals surface area contributed by atoms with Gasteiger partial charge in [0.1, 0.15) is 5.75 Å². The van der Waals surface area contributed by atoms with Crippen LogP contribution < -0.4 is 10.5 Å². The van der Waals surface area contributed by atoms with Gasteiger partial charge in [-0.25, -0.2) is 0 Å². The minimum absolute atomic E-state index is 0.0243. The molecule has 0 saturated heterocycles. The molecule has 0 spiro atoms. The predicted molar refractivity (Wildman–Crippen MR) is 70.0 cm³/mol. The Hall–Kier alpha value is -1.06. The molecule has 0 fully saturated rings. The van der Waals surface area contributed by atoms with E-state index in [2.05, 4.69) is 0 Å². The Balaban J connectivity index is 3.41. The molecule has 0 saturated carbocycles. The Labute approximate surface area is 107 Å². The van der Waals surface area contributed by atoms with Gasteiger partial charge in [0.15, 0.2) is 5.78 Å². The fourth-order valence-electron chi connectivity index (χ4n) is 1.74. The molecule has 1 atom stereocenters. The summed E-state index contributed by atoms with van der Waals surface area (Å²) in [5.41, 5.74) is 7.73. The van der Waals surface area contributed by atoms with E-state index in [1.807, 2.05) is 13.8 Å². The number of carbonyl (C=O) groups excluding carboxylic acids is 1. The van der Waals surface area contributed by atoms with Gasteiger partial charge in [0, 0.05) is 17.5 Å². The predicted octanol–water partition coefficient (Wildman–Crippen LogP) is 2.74. The summed E-state index contributed by atoms with van der Waals surface area (Å²) in [7, 11) is 1.55. The van der Waals surface area contributed by atoms with Crippen molar-refractivity contribution in [2.45, 2.75) is 20.8 Å². The molecule has 0 heterocycles. The van der Waals surface area contributed by atoms with Gasteiger partial charge >= 0.3 is 0 Å². The zero-order valence-corrected chi connectivity index (χ0v) is 11.4. The number of Topliss-reactive ketones (excluding diaryl/α,β-unsaturated/α-hetero) is 1. The van der Waals surface area contributed by atoms with E-state index in [0.29, 0.717) is 22.9 Å². The molecule has 17 heavy (non-hydrogen) atoms. The zero-order chi connectivity index (χ0) is 13.2. The quantitative estimate of drug-likeness (QED) is 0.842. The highest BCUT2D eigenvalue weighted by Crippen LogP contribution is 2.32. The average molecular weight is 256 g/mol. The van der Waals surface area contributed by atoms with Crippen LogP contribution in [0.4, 0.5) is 0 Å². The van der Waals surface area contributed by atoms with Crippen LogP contribution in [0.3, 0.4) is 0 Å². The third kappa shape index (κ3) is 2.61. The van der Waals surface area contributed by atoms with Gasteiger partial charge in [-0.15, -0.1) is 0 Å². The molecule has 0 aliphatic rings. The molecule has 1 aromatic carbocycles. The van der Waals surface area contributed by atoms with Crippen molar-refractivity contribution < 1.29 is 9.53 Å². The molecule has 0 aromatic heterocycles. The number of ether oxygens (including phenoxy) is 1. The zero-order valence-electron chi connectivity index (χ0n) is 10.6. The number of benzene rings is 1. The number of carbonyl (C=O) groups is 1. The van der Waals surface area contributed by atoms with Gasteiger partial charge in [-0.1, -0.05) is 18.5 Å². The van der Waals surface area contributed by atoms with E-state index in [1.165, 1.54) is 0 Å². The number of rotatable bonds is 4. The summed E-state index contributed by atoms with van der Waals surface area (Å²) >= 11 is 6.16. The number of aryl methyl sites for hydroxylation is 1. The molecule has 4 heteroatoms. The molecule has 94 valence electrons. The maximum absolute atomic E-state index is 12.2. The summed E-state index contributed by atoms with van der Waals surface area (Å²) in [5.74, 6) is 0.305. The minimum atomic E-state index is -0.235. The van der Waals surface area contributed by atoms with Gasteiger partial charge in [-0.05, 0) is 31.0 Å². The van der Waals surface area contributed by atoms with Crippen molar-refractivity contribution in [1.29, 1.82) is 0 Å². The number of ketones is 1. The van der Waals surface area contributed by atoms with Crippen molar-refractivity contribution in [3.8, 4) is 5.75 Å². The topological polar surface area (TPSA) is 52.3 Å². The maximum Gasteiger partial charge on any atom is 0.170 e. The van der Waals surface area contributed by atoms with E-state index in [9.17, 15) is 4.79 Å². The van der Waals surface area contributed by atoms with Crippen LogP contribution in [0.5, 0.6) is 5.75 Å². The van der Waals surface area contributed by atoms with Crippen molar-refractivity contribution in [2.24, 2.45) is 11.7 Å². The molecule has 0 aliphatic heterocycles. The molecule has 0 amide bonds. The normalized spacial score (nSPS) is 12.4. The summed E-state index contributed by atoms with van der Waals surface area (Å²) in [5, 5.41) is 0.610. The second kappa shape index (κ2) is 5.52. The van der Waals surface area contributed by atoms with Gasteiger partial charge in [0.2, 0.25) is 0 Å². The van der Waals surface area contributed by atoms with Crippen molar-refractivity contribution in [3.63, 3.8) is 0 Å². The van der Waals surface area contributed by atoms with Crippen LogP contribution in [0.1, 0.15) is 28.4 Å². The van der Waals surface area contributed by atoms with Crippen molar-refractivity contribution in [1.82, 2.24) is 0 Å². The lowest BCUT2D eigenvalue weighted by atomic mass is 9.93. The van der Waals surface area contributed by atoms with Crippen molar-refractivity contribution in [3.05, 3.63) is 27.8 Å². The lowest BCUT2D eigenvalue weighted by molar-refractivity contribution is 0.0930. The van der Waals surface area contributed by atoms with Gasteiger partial charge in [-0.2, -0.15) is 0 Å². The number of nitrogens with two attached hydrogens (primary N) is 1. The smallest absolute Gasteiger partial charge is 0.170 e. The fraction of sp³-hybridized carbons (Fsp3) is 0.462. The molecular formula is C13H18ClNO2. The summed E-state index contributed by atoms with van der Waals surface area (Å²) in [6.45, 7) is 5.83. The lowest BCUT2D eigenvalue weighted by Crippen LogP contribution is -2.22. The molecule has 0 radical (unpaired) electrons. The van der Waals surface area contributed by atoms with Gasteiger partial charge in [0.25, 0.3) is 0 Å². The van der Waals surface area contributed by atoms with Crippen LogP contribution in [-0.4, -0.2) is 19.4 Å². The molecule has 1 rings (SSSR count). The minimum Gasteiger partial charge on any atom is -0.496 e. The van der Waals surface area contributed by atoms with Crippen LogP contribution >= 0.6 is 11.6 Å². The molecule has 1 unspecified atom stereocenters. The number of halogens is 1. The molecule has 0 bridgehead atoms. The monoisotopic (exact) mass is 255 g/mol.